The van der Waals surface area contributed by atoms with Gasteiger partial charge in [-0.2, -0.15) is 0 Å². The summed E-state index contributed by atoms with van der Waals surface area (Å²) in [7, 11) is 1.73. The van der Waals surface area contributed by atoms with Gasteiger partial charge in [-0.3, -0.25) is 4.79 Å². The van der Waals surface area contributed by atoms with Crippen molar-refractivity contribution >= 4 is 5.91 Å². The van der Waals surface area contributed by atoms with Crippen LogP contribution in [0.5, 0.6) is 0 Å². The molecule has 0 aromatic carbocycles. The lowest BCUT2D eigenvalue weighted by atomic mass is 9.98. The zero-order chi connectivity index (χ0) is 11.6. The van der Waals surface area contributed by atoms with Crippen LogP contribution in [0.2, 0.25) is 0 Å². The predicted molar refractivity (Wildman–Crippen MR) is 62.2 cm³/mol. The monoisotopic (exact) mass is 226 g/mol. The molecule has 1 amide bonds. The Morgan fingerprint density at radius 3 is 2.88 bits per heavy atom. The van der Waals surface area contributed by atoms with Crippen molar-refractivity contribution in [2.75, 3.05) is 13.7 Å². The second kappa shape index (κ2) is 4.72. The SMILES string of the molecule is COC1CCCC1NC(=O)C1(C)CCCN1. The summed E-state index contributed by atoms with van der Waals surface area (Å²) in [5.74, 6) is 0.138. The summed E-state index contributed by atoms with van der Waals surface area (Å²) in [6.07, 6.45) is 5.47. The summed E-state index contributed by atoms with van der Waals surface area (Å²) >= 11 is 0. The summed E-state index contributed by atoms with van der Waals surface area (Å²) in [6, 6.07) is 0.205. The fraction of sp³-hybridized carbons (Fsp3) is 0.917. The number of rotatable bonds is 3. The van der Waals surface area contributed by atoms with E-state index in [1.54, 1.807) is 7.11 Å². The van der Waals surface area contributed by atoms with Crippen LogP contribution in [-0.2, 0) is 9.53 Å². The average molecular weight is 226 g/mol. The summed E-state index contributed by atoms with van der Waals surface area (Å²) < 4.78 is 5.39. The normalized spacial score (nSPS) is 38.9. The van der Waals surface area contributed by atoms with Gasteiger partial charge in [-0.05, 0) is 45.6 Å². The van der Waals surface area contributed by atoms with Gasteiger partial charge in [0, 0.05) is 7.11 Å². The van der Waals surface area contributed by atoms with Gasteiger partial charge in [-0.1, -0.05) is 0 Å². The van der Waals surface area contributed by atoms with E-state index < -0.39 is 0 Å². The van der Waals surface area contributed by atoms with Gasteiger partial charge in [-0.15, -0.1) is 0 Å². The molecular formula is C12H22N2O2. The van der Waals surface area contributed by atoms with Gasteiger partial charge in [-0.25, -0.2) is 0 Å². The third-order valence-corrected chi connectivity index (χ3v) is 3.94. The molecule has 4 heteroatoms. The van der Waals surface area contributed by atoms with E-state index in [2.05, 4.69) is 10.6 Å². The lowest BCUT2D eigenvalue weighted by Gasteiger charge is -2.27. The van der Waals surface area contributed by atoms with Gasteiger partial charge in [0.15, 0.2) is 0 Å². The molecule has 1 saturated heterocycles. The zero-order valence-corrected chi connectivity index (χ0v) is 10.2. The summed E-state index contributed by atoms with van der Waals surface area (Å²) in [5, 5.41) is 6.42. The Labute approximate surface area is 97.1 Å². The first-order chi connectivity index (χ1) is 7.65. The standard InChI is InChI=1S/C12H22N2O2/c1-12(7-4-8-13-12)11(15)14-9-5-3-6-10(9)16-2/h9-10,13H,3-8H2,1-2H3,(H,14,15). The van der Waals surface area contributed by atoms with Crippen molar-refractivity contribution in [3.8, 4) is 0 Å². The van der Waals surface area contributed by atoms with E-state index in [-0.39, 0.29) is 23.6 Å². The number of carbonyl (C=O) groups is 1. The van der Waals surface area contributed by atoms with Crippen molar-refractivity contribution in [3.63, 3.8) is 0 Å². The van der Waals surface area contributed by atoms with Crippen molar-refractivity contribution in [2.45, 2.75) is 56.7 Å². The van der Waals surface area contributed by atoms with Crippen LogP contribution in [0.4, 0.5) is 0 Å². The molecule has 0 aromatic rings. The zero-order valence-electron chi connectivity index (χ0n) is 10.2. The molecule has 3 atom stereocenters. The summed E-state index contributed by atoms with van der Waals surface area (Å²) in [4.78, 5) is 12.2. The molecule has 4 nitrogen and oxygen atoms in total. The third kappa shape index (κ3) is 2.23. The molecule has 0 radical (unpaired) electrons. The number of carbonyl (C=O) groups excluding carboxylic acids is 1. The quantitative estimate of drug-likeness (QED) is 0.749. The molecule has 2 N–H and O–H groups in total. The summed E-state index contributed by atoms with van der Waals surface area (Å²) in [5.41, 5.74) is -0.360. The first-order valence-electron chi connectivity index (χ1n) is 6.24. The third-order valence-electron chi connectivity index (χ3n) is 3.94. The maximum Gasteiger partial charge on any atom is 0.240 e. The van der Waals surface area contributed by atoms with Gasteiger partial charge >= 0.3 is 0 Å². The minimum atomic E-state index is -0.360. The van der Waals surface area contributed by atoms with Crippen LogP contribution in [0.15, 0.2) is 0 Å². The van der Waals surface area contributed by atoms with Crippen molar-refractivity contribution in [1.29, 1.82) is 0 Å². The number of nitrogens with one attached hydrogen (secondary N) is 2. The van der Waals surface area contributed by atoms with Gasteiger partial charge in [0.1, 0.15) is 0 Å². The molecule has 16 heavy (non-hydrogen) atoms. The van der Waals surface area contributed by atoms with E-state index in [1.807, 2.05) is 6.92 Å². The number of hydrogen-bond acceptors (Lipinski definition) is 3. The number of hydrogen-bond donors (Lipinski definition) is 2. The smallest absolute Gasteiger partial charge is 0.240 e. The van der Waals surface area contributed by atoms with E-state index >= 15 is 0 Å². The number of amides is 1. The van der Waals surface area contributed by atoms with Gasteiger partial charge in [0.05, 0.1) is 17.7 Å². The maximum absolute atomic E-state index is 12.2. The highest BCUT2D eigenvalue weighted by molar-refractivity contribution is 5.86. The molecule has 3 unspecified atom stereocenters. The van der Waals surface area contributed by atoms with Crippen LogP contribution in [0.3, 0.4) is 0 Å². The highest BCUT2D eigenvalue weighted by atomic mass is 16.5. The van der Waals surface area contributed by atoms with Crippen LogP contribution in [0.25, 0.3) is 0 Å². The van der Waals surface area contributed by atoms with Crippen LogP contribution < -0.4 is 10.6 Å². The lowest BCUT2D eigenvalue weighted by molar-refractivity contribution is -0.128. The predicted octanol–water partition coefficient (Wildman–Crippen LogP) is 0.812. The van der Waals surface area contributed by atoms with Crippen molar-refractivity contribution in [3.05, 3.63) is 0 Å². The van der Waals surface area contributed by atoms with Crippen LogP contribution in [0, 0.1) is 0 Å². The number of methoxy groups -OCH3 is 1. The fourth-order valence-electron chi connectivity index (χ4n) is 2.79. The van der Waals surface area contributed by atoms with E-state index in [9.17, 15) is 4.79 Å². The Kier molecular flexibility index (Phi) is 3.50. The van der Waals surface area contributed by atoms with E-state index in [1.165, 1.54) is 0 Å². The molecule has 0 aromatic heterocycles. The van der Waals surface area contributed by atoms with Crippen LogP contribution >= 0.6 is 0 Å². The number of ether oxygens (including phenoxy) is 1. The average Bonchev–Trinajstić information content (AvgIpc) is 2.87. The van der Waals surface area contributed by atoms with Crippen molar-refractivity contribution in [2.24, 2.45) is 0 Å². The Morgan fingerprint density at radius 1 is 1.44 bits per heavy atom. The Morgan fingerprint density at radius 2 is 2.25 bits per heavy atom. The molecule has 1 heterocycles. The maximum atomic E-state index is 12.2. The second-order valence-electron chi connectivity index (χ2n) is 5.15. The molecule has 1 aliphatic heterocycles. The molecule has 2 aliphatic rings. The highest BCUT2D eigenvalue weighted by Gasteiger charge is 2.38. The fourth-order valence-corrected chi connectivity index (χ4v) is 2.79. The first kappa shape index (κ1) is 11.9. The van der Waals surface area contributed by atoms with Crippen LogP contribution in [0.1, 0.15) is 39.0 Å². The molecular weight excluding hydrogens is 204 g/mol. The molecule has 1 saturated carbocycles. The van der Waals surface area contributed by atoms with Gasteiger partial charge in [0.25, 0.3) is 0 Å². The Balaban J connectivity index is 1.91. The molecule has 92 valence electrons. The van der Waals surface area contributed by atoms with Crippen molar-refractivity contribution in [1.82, 2.24) is 10.6 Å². The van der Waals surface area contributed by atoms with Crippen molar-refractivity contribution < 1.29 is 9.53 Å². The largest absolute Gasteiger partial charge is 0.379 e. The molecule has 2 fully saturated rings. The topological polar surface area (TPSA) is 50.4 Å². The first-order valence-corrected chi connectivity index (χ1v) is 6.24. The van der Waals surface area contributed by atoms with Gasteiger partial charge < -0.3 is 15.4 Å². The minimum Gasteiger partial charge on any atom is -0.379 e. The Bertz CT molecular complexity index is 262. The van der Waals surface area contributed by atoms with Crippen LogP contribution in [-0.4, -0.2) is 37.2 Å². The second-order valence-corrected chi connectivity index (χ2v) is 5.15. The molecule has 0 bridgehead atoms. The lowest BCUT2D eigenvalue weighted by Crippen LogP contribution is -2.55. The molecule has 2 rings (SSSR count). The van der Waals surface area contributed by atoms with E-state index in [0.717, 1.165) is 38.6 Å². The Hall–Kier alpha value is -0.610. The van der Waals surface area contributed by atoms with E-state index in [0.29, 0.717) is 0 Å². The van der Waals surface area contributed by atoms with E-state index in [4.69, 9.17) is 4.74 Å². The molecule has 1 aliphatic carbocycles. The molecule has 0 spiro atoms. The highest BCUT2D eigenvalue weighted by Crippen LogP contribution is 2.24. The minimum absolute atomic E-state index is 0.138. The summed E-state index contributed by atoms with van der Waals surface area (Å²) in [6.45, 7) is 2.94. The van der Waals surface area contributed by atoms with Gasteiger partial charge in [0.2, 0.25) is 5.91 Å².